The monoisotopic (exact) mass is 212 g/mol. The highest BCUT2D eigenvalue weighted by Crippen LogP contribution is 2.43. The fraction of sp³-hybridized carbons (Fsp3) is 0.917. The summed E-state index contributed by atoms with van der Waals surface area (Å²) in [6.07, 6.45) is 4.95. The van der Waals surface area contributed by atoms with Crippen molar-refractivity contribution < 1.29 is 14.6 Å². The average molecular weight is 212 g/mol. The van der Waals surface area contributed by atoms with E-state index in [0.717, 1.165) is 19.3 Å². The van der Waals surface area contributed by atoms with Crippen molar-refractivity contribution in [1.29, 1.82) is 0 Å². The molecule has 0 aromatic carbocycles. The normalized spacial score (nSPS) is 39.9. The summed E-state index contributed by atoms with van der Waals surface area (Å²) in [6.45, 7) is 2.23. The van der Waals surface area contributed by atoms with Crippen LogP contribution in [0.2, 0.25) is 0 Å². The van der Waals surface area contributed by atoms with Crippen LogP contribution in [0.25, 0.3) is 0 Å². The first kappa shape index (κ1) is 10.9. The predicted molar refractivity (Wildman–Crippen MR) is 56.2 cm³/mol. The smallest absolute Gasteiger partial charge is 0.311 e. The van der Waals surface area contributed by atoms with Gasteiger partial charge in [0.1, 0.15) is 0 Å². The van der Waals surface area contributed by atoms with Gasteiger partial charge in [-0.3, -0.25) is 4.79 Å². The molecule has 2 fully saturated rings. The van der Waals surface area contributed by atoms with Crippen LogP contribution in [0.5, 0.6) is 0 Å². The first-order valence-corrected chi connectivity index (χ1v) is 6.07. The molecule has 2 aliphatic rings. The number of rotatable bonds is 2. The lowest BCUT2D eigenvalue weighted by Gasteiger charge is -2.41. The maximum absolute atomic E-state index is 11.7. The maximum Gasteiger partial charge on any atom is 0.311 e. The van der Waals surface area contributed by atoms with Gasteiger partial charge >= 0.3 is 5.97 Å². The Balaban J connectivity index is 2.05. The molecule has 0 spiro atoms. The summed E-state index contributed by atoms with van der Waals surface area (Å²) in [7, 11) is 0. The Morgan fingerprint density at radius 1 is 1.40 bits per heavy atom. The molecule has 0 radical (unpaired) electrons. The Bertz CT molecular complexity index is 237. The predicted octanol–water partition coefficient (Wildman–Crippen LogP) is 1.74. The molecule has 0 heterocycles. The second kappa shape index (κ2) is 4.52. The summed E-state index contributed by atoms with van der Waals surface area (Å²) < 4.78 is 5.04. The molecular formula is C12H20O3. The van der Waals surface area contributed by atoms with E-state index < -0.39 is 6.10 Å². The van der Waals surface area contributed by atoms with Crippen molar-refractivity contribution in [3.8, 4) is 0 Å². The van der Waals surface area contributed by atoms with Gasteiger partial charge in [0.25, 0.3) is 0 Å². The first-order chi connectivity index (χ1) is 7.22. The minimum absolute atomic E-state index is 0.185. The highest BCUT2D eigenvalue weighted by atomic mass is 16.5. The topological polar surface area (TPSA) is 46.5 Å². The number of aliphatic hydroxyl groups excluding tert-OH is 1. The molecule has 2 saturated carbocycles. The Hall–Kier alpha value is -0.570. The number of aliphatic hydroxyl groups is 1. The van der Waals surface area contributed by atoms with Gasteiger partial charge < -0.3 is 9.84 Å². The molecule has 0 saturated heterocycles. The lowest BCUT2D eigenvalue weighted by Crippen LogP contribution is -2.43. The summed E-state index contributed by atoms with van der Waals surface area (Å²) in [5.74, 6) is 0.577. The van der Waals surface area contributed by atoms with E-state index >= 15 is 0 Å². The highest BCUT2D eigenvalue weighted by molar-refractivity contribution is 5.73. The zero-order chi connectivity index (χ0) is 10.8. The van der Waals surface area contributed by atoms with Crippen molar-refractivity contribution in [2.75, 3.05) is 6.61 Å². The molecule has 2 rings (SSSR count). The molecule has 1 N–H and O–H groups in total. The van der Waals surface area contributed by atoms with Gasteiger partial charge in [-0.1, -0.05) is 12.8 Å². The Morgan fingerprint density at radius 2 is 2.20 bits per heavy atom. The Labute approximate surface area is 90.8 Å². The molecule has 86 valence electrons. The third-order valence-corrected chi connectivity index (χ3v) is 3.88. The van der Waals surface area contributed by atoms with Crippen molar-refractivity contribution in [2.24, 2.45) is 17.8 Å². The van der Waals surface area contributed by atoms with Crippen LogP contribution in [-0.4, -0.2) is 23.8 Å². The van der Waals surface area contributed by atoms with Crippen LogP contribution in [0.4, 0.5) is 0 Å². The fourth-order valence-electron chi connectivity index (χ4n) is 3.26. The minimum atomic E-state index is -0.465. The van der Waals surface area contributed by atoms with Crippen LogP contribution in [0, 0.1) is 17.8 Å². The summed E-state index contributed by atoms with van der Waals surface area (Å²) in [4.78, 5) is 11.7. The van der Waals surface area contributed by atoms with Crippen molar-refractivity contribution in [3.63, 3.8) is 0 Å². The summed E-state index contributed by atoms with van der Waals surface area (Å²) >= 11 is 0. The second-order valence-corrected chi connectivity index (χ2v) is 4.87. The van der Waals surface area contributed by atoms with Crippen molar-refractivity contribution in [2.45, 2.75) is 45.1 Å². The number of hydrogen-bond donors (Lipinski definition) is 1. The van der Waals surface area contributed by atoms with E-state index in [9.17, 15) is 9.90 Å². The van der Waals surface area contributed by atoms with E-state index in [4.69, 9.17) is 4.74 Å². The zero-order valence-corrected chi connectivity index (χ0v) is 9.32. The molecule has 0 aromatic heterocycles. The van der Waals surface area contributed by atoms with Gasteiger partial charge in [-0.2, -0.15) is 0 Å². The number of fused-ring (bicyclic) bond motifs is 2. The quantitative estimate of drug-likeness (QED) is 0.709. The number of carbonyl (C=O) groups excluding carboxylic acids is 1. The van der Waals surface area contributed by atoms with Gasteiger partial charge in [0.05, 0.1) is 18.6 Å². The average Bonchev–Trinajstić information content (AvgIpc) is 2.17. The van der Waals surface area contributed by atoms with Gasteiger partial charge in [0.2, 0.25) is 0 Å². The lowest BCUT2D eigenvalue weighted by atomic mass is 9.65. The number of esters is 1. The summed E-state index contributed by atoms with van der Waals surface area (Å²) in [5.41, 5.74) is 0. The molecule has 15 heavy (non-hydrogen) atoms. The van der Waals surface area contributed by atoms with E-state index in [1.54, 1.807) is 0 Å². The van der Waals surface area contributed by atoms with Gasteiger partial charge in [0.15, 0.2) is 0 Å². The van der Waals surface area contributed by atoms with E-state index in [2.05, 4.69) is 0 Å². The van der Waals surface area contributed by atoms with E-state index in [1.165, 1.54) is 12.8 Å². The number of hydrogen-bond acceptors (Lipinski definition) is 3. The van der Waals surface area contributed by atoms with Crippen LogP contribution in [0.1, 0.15) is 39.0 Å². The van der Waals surface area contributed by atoms with Gasteiger partial charge in [-0.05, 0) is 38.0 Å². The van der Waals surface area contributed by atoms with Crippen molar-refractivity contribution >= 4 is 5.97 Å². The molecule has 0 amide bonds. The van der Waals surface area contributed by atoms with Crippen LogP contribution in [-0.2, 0) is 9.53 Å². The van der Waals surface area contributed by atoms with Crippen molar-refractivity contribution in [1.82, 2.24) is 0 Å². The van der Waals surface area contributed by atoms with Crippen LogP contribution >= 0.6 is 0 Å². The first-order valence-electron chi connectivity index (χ1n) is 6.07. The second-order valence-electron chi connectivity index (χ2n) is 4.87. The number of ether oxygens (including phenoxy) is 1. The third-order valence-electron chi connectivity index (χ3n) is 3.88. The molecule has 0 aromatic rings. The van der Waals surface area contributed by atoms with Crippen molar-refractivity contribution in [3.05, 3.63) is 0 Å². The van der Waals surface area contributed by atoms with E-state index in [-0.39, 0.29) is 11.9 Å². The number of carbonyl (C=O) groups is 1. The molecule has 2 bridgehead atoms. The minimum Gasteiger partial charge on any atom is -0.466 e. The molecule has 4 atom stereocenters. The third kappa shape index (κ3) is 2.17. The molecule has 2 aliphatic carbocycles. The largest absolute Gasteiger partial charge is 0.466 e. The summed E-state index contributed by atoms with van der Waals surface area (Å²) in [5, 5.41) is 9.97. The lowest BCUT2D eigenvalue weighted by molar-refractivity contribution is -0.159. The van der Waals surface area contributed by atoms with Gasteiger partial charge in [-0.25, -0.2) is 0 Å². The van der Waals surface area contributed by atoms with E-state index in [1.807, 2.05) is 6.92 Å². The van der Waals surface area contributed by atoms with Crippen LogP contribution < -0.4 is 0 Å². The maximum atomic E-state index is 11.7. The summed E-state index contributed by atoms with van der Waals surface area (Å²) in [6, 6.07) is 0. The highest BCUT2D eigenvalue weighted by Gasteiger charge is 2.43. The Morgan fingerprint density at radius 3 is 2.93 bits per heavy atom. The molecule has 0 aliphatic heterocycles. The van der Waals surface area contributed by atoms with Gasteiger partial charge in [-0.15, -0.1) is 0 Å². The zero-order valence-electron chi connectivity index (χ0n) is 9.32. The van der Waals surface area contributed by atoms with Crippen LogP contribution in [0.3, 0.4) is 0 Å². The molecule has 4 unspecified atom stereocenters. The standard InChI is InChI=1S/C12H20O3/c1-2-15-12(14)11-9-5-3-4-8(6-9)7-10(11)13/h8-11,13H,2-7H2,1H3. The Kier molecular flexibility index (Phi) is 3.29. The fourth-order valence-corrected chi connectivity index (χ4v) is 3.26. The molecule has 3 heteroatoms. The molecular weight excluding hydrogens is 192 g/mol. The van der Waals surface area contributed by atoms with E-state index in [0.29, 0.717) is 18.4 Å². The van der Waals surface area contributed by atoms with Crippen LogP contribution in [0.15, 0.2) is 0 Å². The molecule has 3 nitrogen and oxygen atoms in total. The van der Waals surface area contributed by atoms with Gasteiger partial charge in [0, 0.05) is 0 Å². The SMILES string of the molecule is CCOC(=O)C1C(O)CC2CCCC1C2.